The second kappa shape index (κ2) is 8.22. The van der Waals surface area contributed by atoms with Gasteiger partial charge < -0.3 is 10.1 Å². The maximum atomic E-state index is 13.3. The predicted molar refractivity (Wildman–Crippen MR) is 116 cm³/mol. The van der Waals surface area contributed by atoms with Crippen molar-refractivity contribution in [1.29, 1.82) is 0 Å². The Morgan fingerprint density at radius 3 is 2.53 bits per heavy atom. The molecule has 1 aliphatic heterocycles. The molecular weight excluding hydrogens is 378 g/mol. The molecule has 1 fully saturated rings. The van der Waals surface area contributed by atoms with Gasteiger partial charge in [-0.2, -0.15) is 0 Å². The molecule has 1 aromatic heterocycles. The largest absolute Gasteiger partial charge is 0.497 e. The molecule has 1 amide bonds. The van der Waals surface area contributed by atoms with Crippen molar-refractivity contribution in [2.24, 2.45) is 16.8 Å². The number of carbonyl (C=O) groups excluding carboxylic acids is 2. The van der Waals surface area contributed by atoms with Gasteiger partial charge in [0.1, 0.15) is 17.4 Å². The Balaban J connectivity index is 1.79. The number of aliphatic imine (C=N–C) groups is 1. The number of nitrogens with one attached hydrogen (secondary N) is 1. The van der Waals surface area contributed by atoms with Gasteiger partial charge in [0.15, 0.2) is 0 Å². The van der Waals surface area contributed by atoms with Gasteiger partial charge in [-0.05, 0) is 49.1 Å². The van der Waals surface area contributed by atoms with E-state index < -0.39 is 5.92 Å². The fourth-order valence-electron chi connectivity index (χ4n) is 4.47. The maximum Gasteiger partial charge on any atom is 0.255 e. The van der Waals surface area contributed by atoms with Crippen LogP contribution in [0.15, 0.2) is 64.9 Å². The zero-order valence-electron chi connectivity index (χ0n) is 17.4. The summed E-state index contributed by atoms with van der Waals surface area (Å²) in [6.45, 7) is 3.91. The lowest BCUT2D eigenvalue weighted by Gasteiger charge is -2.37. The van der Waals surface area contributed by atoms with Gasteiger partial charge >= 0.3 is 0 Å². The number of methoxy groups -OCH3 is 1. The number of rotatable bonds is 4. The molecule has 1 N–H and O–H groups in total. The van der Waals surface area contributed by atoms with E-state index in [1.807, 2.05) is 37.3 Å². The molecule has 1 aromatic carbocycles. The van der Waals surface area contributed by atoms with Crippen LogP contribution in [0.5, 0.6) is 5.75 Å². The summed E-state index contributed by atoms with van der Waals surface area (Å²) in [5, 5.41) is 2.87. The summed E-state index contributed by atoms with van der Waals surface area (Å²) in [7, 11) is 1.61. The number of Topliss-reactive ketones (excluding diaryl/α,β-unsaturated/α-hetero) is 1. The molecule has 4 rings (SSSR count). The first-order valence-corrected chi connectivity index (χ1v) is 10.1. The van der Waals surface area contributed by atoms with Crippen molar-refractivity contribution in [3.05, 3.63) is 65.5 Å². The molecule has 0 bridgehead atoms. The van der Waals surface area contributed by atoms with Crippen LogP contribution in [0.25, 0.3) is 0 Å². The quantitative estimate of drug-likeness (QED) is 0.831. The molecule has 0 saturated heterocycles. The number of hydrogen-bond donors (Lipinski definition) is 1. The van der Waals surface area contributed by atoms with E-state index in [4.69, 9.17) is 9.73 Å². The highest BCUT2D eigenvalue weighted by Gasteiger charge is 2.44. The monoisotopic (exact) mass is 403 g/mol. The van der Waals surface area contributed by atoms with Gasteiger partial charge in [-0.3, -0.25) is 14.6 Å². The van der Waals surface area contributed by atoms with Crippen LogP contribution in [0.4, 0.5) is 5.82 Å². The van der Waals surface area contributed by atoms with Crippen LogP contribution in [-0.2, 0) is 9.59 Å². The average molecular weight is 403 g/mol. The first-order valence-electron chi connectivity index (χ1n) is 10.1. The minimum absolute atomic E-state index is 0.143. The van der Waals surface area contributed by atoms with E-state index >= 15 is 0 Å². The van der Waals surface area contributed by atoms with Crippen LogP contribution in [0.2, 0.25) is 0 Å². The van der Waals surface area contributed by atoms with Crippen molar-refractivity contribution in [1.82, 2.24) is 4.98 Å². The van der Waals surface area contributed by atoms with E-state index in [1.165, 1.54) is 0 Å². The highest BCUT2D eigenvalue weighted by Crippen LogP contribution is 2.44. The second-order valence-electron chi connectivity index (χ2n) is 7.98. The Morgan fingerprint density at radius 2 is 1.87 bits per heavy atom. The SMILES string of the molecule is COc1ccc([C@H]2C(C(=O)Nc3ccccn3)=C(C)N=C3C[C@@H](C)CC(=O)C32)cc1. The highest BCUT2D eigenvalue weighted by atomic mass is 16.5. The van der Waals surface area contributed by atoms with E-state index in [9.17, 15) is 9.59 Å². The number of ketones is 1. The molecule has 0 spiro atoms. The van der Waals surface area contributed by atoms with E-state index in [0.29, 0.717) is 23.5 Å². The summed E-state index contributed by atoms with van der Waals surface area (Å²) in [5.41, 5.74) is 2.95. The summed E-state index contributed by atoms with van der Waals surface area (Å²) < 4.78 is 5.28. The van der Waals surface area contributed by atoms with E-state index in [-0.39, 0.29) is 23.5 Å². The van der Waals surface area contributed by atoms with Crippen LogP contribution < -0.4 is 10.1 Å². The van der Waals surface area contributed by atoms with Crippen LogP contribution in [0.1, 0.15) is 38.2 Å². The van der Waals surface area contributed by atoms with Crippen LogP contribution in [0.3, 0.4) is 0 Å². The fraction of sp³-hybridized carbons (Fsp3) is 0.333. The zero-order chi connectivity index (χ0) is 21.3. The van der Waals surface area contributed by atoms with E-state index in [1.54, 1.807) is 25.4 Å². The molecule has 6 nitrogen and oxygen atoms in total. The highest BCUT2D eigenvalue weighted by molar-refractivity contribution is 6.14. The number of nitrogens with zero attached hydrogens (tertiary/aromatic N) is 2. The van der Waals surface area contributed by atoms with E-state index in [2.05, 4.69) is 17.2 Å². The third-order valence-electron chi connectivity index (χ3n) is 5.78. The minimum atomic E-state index is -0.414. The van der Waals surface area contributed by atoms with Gasteiger partial charge in [-0.15, -0.1) is 0 Å². The number of benzene rings is 1. The molecule has 3 atom stereocenters. The lowest BCUT2D eigenvalue weighted by atomic mass is 9.67. The van der Waals surface area contributed by atoms with Crippen molar-refractivity contribution in [2.75, 3.05) is 12.4 Å². The molecule has 1 unspecified atom stereocenters. The van der Waals surface area contributed by atoms with Crippen molar-refractivity contribution in [3.8, 4) is 5.75 Å². The lowest BCUT2D eigenvalue weighted by Crippen LogP contribution is -2.41. The van der Waals surface area contributed by atoms with Crippen molar-refractivity contribution < 1.29 is 14.3 Å². The molecule has 6 heteroatoms. The van der Waals surface area contributed by atoms with E-state index in [0.717, 1.165) is 23.4 Å². The summed E-state index contributed by atoms with van der Waals surface area (Å²) in [6.07, 6.45) is 2.90. The molecule has 1 saturated carbocycles. The molecule has 2 heterocycles. The molecule has 2 aromatic rings. The third kappa shape index (κ3) is 3.77. The number of hydrogen-bond acceptors (Lipinski definition) is 5. The van der Waals surface area contributed by atoms with Gasteiger partial charge in [0.2, 0.25) is 0 Å². The molecule has 2 aliphatic rings. The number of allylic oxidation sites excluding steroid dienone is 1. The summed E-state index contributed by atoms with van der Waals surface area (Å²) in [6, 6.07) is 12.9. The summed E-state index contributed by atoms with van der Waals surface area (Å²) in [5.74, 6) is 0.530. The first-order chi connectivity index (χ1) is 14.5. The Labute approximate surface area is 176 Å². The third-order valence-corrected chi connectivity index (χ3v) is 5.78. The van der Waals surface area contributed by atoms with Crippen molar-refractivity contribution in [3.63, 3.8) is 0 Å². The lowest BCUT2D eigenvalue weighted by molar-refractivity contribution is -0.123. The van der Waals surface area contributed by atoms with Gasteiger partial charge in [-0.25, -0.2) is 4.98 Å². The Morgan fingerprint density at radius 1 is 1.10 bits per heavy atom. The molecule has 30 heavy (non-hydrogen) atoms. The van der Waals surface area contributed by atoms with Gasteiger partial charge in [0.05, 0.1) is 13.0 Å². The number of fused-ring (bicyclic) bond motifs is 1. The number of ether oxygens (including phenoxy) is 1. The van der Waals surface area contributed by atoms with Gasteiger partial charge in [0, 0.05) is 35.5 Å². The number of carbonyl (C=O) groups is 2. The van der Waals surface area contributed by atoms with Crippen LogP contribution in [-0.4, -0.2) is 29.5 Å². The standard InChI is InChI=1S/C24H25N3O3/c1-14-12-18-23(19(28)13-14)22(16-7-9-17(30-3)10-8-16)21(15(2)26-18)24(29)27-20-6-4-5-11-25-20/h4-11,14,22-23H,12-13H2,1-3H3,(H,25,27,29)/t14-,22+,23?/m1/s1. The predicted octanol–water partition coefficient (Wildman–Crippen LogP) is 4.16. The number of pyridine rings is 1. The summed E-state index contributed by atoms with van der Waals surface area (Å²) >= 11 is 0. The molecular formula is C24H25N3O3. The maximum absolute atomic E-state index is 13.3. The Hall–Kier alpha value is -3.28. The molecule has 154 valence electrons. The Kier molecular flexibility index (Phi) is 5.48. The smallest absolute Gasteiger partial charge is 0.255 e. The number of anilines is 1. The number of aromatic nitrogens is 1. The normalized spacial score (nSPS) is 23.5. The fourth-order valence-corrected chi connectivity index (χ4v) is 4.47. The second-order valence-corrected chi connectivity index (χ2v) is 7.98. The first kappa shape index (κ1) is 20.0. The number of amides is 1. The van der Waals surface area contributed by atoms with Crippen LogP contribution in [0, 0.1) is 11.8 Å². The topological polar surface area (TPSA) is 80.7 Å². The van der Waals surface area contributed by atoms with Gasteiger partial charge in [0.25, 0.3) is 5.91 Å². The molecule has 0 radical (unpaired) electrons. The summed E-state index contributed by atoms with van der Waals surface area (Å²) in [4.78, 5) is 35.3. The minimum Gasteiger partial charge on any atom is -0.497 e. The van der Waals surface area contributed by atoms with Gasteiger partial charge in [-0.1, -0.05) is 25.1 Å². The van der Waals surface area contributed by atoms with Crippen molar-refractivity contribution >= 4 is 23.2 Å². The van der Waals surface area contributed by atoms with Crippen molar-refractivity contribution in [2.45, 2.75) is 32.6 Å². The zero-order valence-corrected chi connectivity index (χ0v) is 17.4. The van der Waals surface area contributed by atoms with Crippen LogP contribution >= 0.6 is 0 Å². The Bertz CT molecular complexity index is 1030. The molecule has 1 aliphatic carbocycles. The average Bonchev–Trinajstić information content (AvgIpc) is 2.73.